The van der Waals surface area contributed by atoms with Gasteiger partial charge in [-0.1, -0.05) is 24.3 Å². The Kier molecular flexibility index (Phi) is 9.70. The third-order valence-corrected chi connectivity index (χ3v) is 10.8. The van der Waals surface area contributed by atoms with Crippen LogP contribution in [0.25, 0.3) is 0 Å². The van der Waals surface area contributed by atoms with Gasteiger partial charge >= 0.3 is 6.03 Å². The second-order valence-corrected chi connectivity index (χ2v) is 13.9. The fraction of sp³-hybridized carbons (Fsp3) is 0.625. The summed E-state index contributed by atoms with van der Waals surface area (Å²) in [4.78, 5) is 45.5. The number of aromatic nitrogens is 2. The van der Waals surface area contributed by atoms with Crippen LogP contribution in [0.15, 0.2) is 39.7 Å². The first-order chi connectivity index (χ1) is 21.2. The molecule has 3 aliphatic heterocycles. The van der Waals surface area contributed by atoms with E-state index in [1.165, 1.54) is 15.8 Å². The van der Waals surface area contributed by atoms with E-state index < -0.39 is 0 Å². The summed E-state index contributed by atoms with van der Waals surface area (Å²) in [7, 11) is 3.82. The maximum Gasteiger partial charge on any atom is 0.324 e. The third-order valence-electron chi connectivity index (χ3n) is 10.0. The first-order valence-corrected chi connectivity index (χ1v) is 16.9. The number of halogens is 1. The average molecular weight is 670 g/mol. The molecule has 238 valence electrons. The summed E-state index contributed by atoms with van der Waals surface area (Å²) in [6, 6.07) is 10.1. The number of carbonyl (C=O) groups excluding carboxylic acids is 2. The zero-order chi connectivity index (χ0) is 30.8. The Labute approximate surface area is 268 Å². The van der Waals surface area contributed by atoms with E-state index in [4.69, 9.17) is 0 Å². The highest BCUT2D eigenvalue weighted by atomic mass is 79.9. The van der Waals surface area contributed by atoms with Gasteiger partial charge in [-0.2, -0.15) is 5.10 Å². The molecule has 2 aromatic rings. The minimum absolute atomic E-state index is 0.139. The van der Waals surface area contributed by atoms with Gasteiger partial charge in [0, 0.05) is 84.0 Å². The van der Waals surface area contributed by atoms with Gasteiger partial charge in [0.15, 0.2) is 0 Å². The number of likely N-dealkylation sites (tertiary alicyclic amines) is 1. The lowest BCUT2D eigenvalue weighted by Gasteiger charge is -2.44. The van der Waals surface area contributed by atoms with Crippen molar-refractivity contribution in [3.8, 4) is 0 Å². The number of nitrogens with zero attached hydrogens (tertiary/aromatic N) is 6. The van der Waals surface area contributed by atoms with Crippen LogP contribution in [-0.2, 0) is 18.4 Å². The molecule has 2 N–H and O–H groups in total. The molecule has 0 bridgehead atoms. The van der Waals surface area contributed by atoms with E-state index in [9.17, 15) is 14.4 Å². The number of rotatable bonds is 7. The summed E-state index contributed by atoms with van der Waals surface area (Å²) in [5, 5.41) is 10.2. The fourth-order valence-corrected chi connectivity index (χ4v) is 8.07. The Bertz CT molecular complexity index is 1380. The van der Waals surface area contributed by atoms with E-state index in [-0.39, 0.29) is 29.6 Å². The predicted molar refractivity (Wildman–Crippen MR) is 174 cm³/mol. The Balaban J connectivity index is 0.960. The molecular weight excluding hydrogens is 624 g/mol. The number of likely N-dealkylation sites (N-methyl/N-ethyl adjacent to an activating group) is 1. The number of urea groups is 1. The molecule has 4 fully saturated rings. The van der Waals surface area contributed by atoms with Crippen molar-refractivity contribution in [2.24, 2.45) is 7.05 Å². The number of piperidine rings is 1. The minimum atomic E-state index is -0.206. The van der Waals surface area contributed by atoms with Crippen LogP contribution in [0.3, 0.4) is 0 Å². The molecule has 12 heteroatoms. The van der Waals surface area contributed by atoms with Crippen LogP contribution in [0.2, 0.25) is 0 Å². The van der Waals surface area contributed by atoms with Gasteiger partial charge in [0.25, 0.3) is 5.56 Å². The molecule has 3 amide bonds. The van der Waals surface area contributed by atoms with Crippen LogP contribution in [0.4, 0.5) is 10.5 Å². The standard InChI is InChI=1S/C32H45BrN8O3/c1-37-20-24(17-25(21-37)35-28-18-34-38(2)31(43)30(28)33)23-5-3-22(4-6-23)19-39-13-15-40(16-14-39)26-7-9-27(10-8-26)41-12-11-29(42)36-32(41)44/h3-6,18,24-27,35H,7-17,19-21H2,1-2H3,(H,36,42,44)/t24-,25+,26?,27?/m1/s1. The molecule has 1 saturated carbocycles. The average Bonchev–Trinajstić information content (AvgIpc) is 3.02. The normalized spacial score (nSPS) is 27.8. The van der Waals surface area contributed by atoms with Crippen LogP contribution >= 0.6 is 15.9 Å². The van der Waals surface area contributed by atoms with E-state index in [1.54, 1.807) is 13.2 Å². The number of carbonyl (C=O) groups is 2. The highest BCUT2D eigenvalue weighted by molar-refractivity contribution is 9.10. The second kappa shape index (κ2) is 13.7. The maximum atomic E-state index is 12.3. The Morgan fingerprint density at radius 1 is 0.932 bits per heavy atom. The molecular formula is C32H45BrN8O3. The van der Waals surface area contributed by atoms with E-state index in [0.717, 1.165) is 83.6 Å². The van der Waals surface area contributed by atoms with Crippen molar-refractivity contribution in [1.82, 2.24) is 34.7 Å². The molecule has 3 saturated heterocycles. The molecule has 11 nitrogen and oxygen atoms in total. The summed E-state index contributed by atoms with van der Waals surface area (Å²) in [6.45, 7) is 7.80. The lowest BCUT2D eigenvalue weighted by atomic mass is 9.87. The van der Waals surface area contributed by atoms with Crippen molar-refractivity contribution >= 4 is 33.6 Å². The van der Waals surface area contributed by atoms with E-state index >= 15 is 0 Å². The first kappa shape index (κ1) is 31.2. The van der Waals surface area contributed by atoms with E-state index in [2.05, 4.69) is 77.7 Å². The van der Waals surface area contributed by atoms with Crippen LogP contribution in [0, 0.1) is 0 Å². The monoisotopic (exact) mass is 668 g/mol. The Morgan fingerprint density at radius 2 is 1.64 bits per heavy atom. The number of imide groups is 1. The fourth-order valence-electron chi connectivity index (χ4n) is 7.60. The molecule has 6 rings (SSSR count). The number of piperazine rings is 1. The van der Waals surface area contributed by atoms with Crippen LogP contribution in [0.1, 0.15) is 55.6 Å². The number of amides is 3. The van der Waals surface area contributed by atoms with E-state index in [0.29, 0.717) is 29.4 Å². The molecule has 1 aromatic heterocycles. The number of aryl methyl sites for hydroxylation is 1. The van der Waals surface area contributed by atoms with E-state index in [1.807, 2.05) is 4.90 Å². The van der Waals surface area contributed by atoms with Crippen LogP contribution < -0.4 is 16.2 Å². The largest absolute Gasteiger partial charge is 0.379 e. The SMILES string of the molecule is CN1C[C@@H](Nc2cnn(C)c(=O)c2Br)C[C@@H](c2ccc(CN3CCN(C4CCC(N5CCC(=O)NC5=O)CC4)CC3)cc2)C1. The number of benzene rings is 1. The van der Waals surface area contributed by atoms with Crippen molar-refractivity contribution in [2.45, 2.75) is 69.1 Å². The van der Waals surface area contributed by atoms with Crippen molar-refractivity contribution in [1.29, 1.82) is 0 Å². The third kappa shape index (κ3) is 7.19. The molecule has 4 heterocycles. The van der Waals surface area contributed by atoms with Crippen LogP contribution in [-0.4, -0.2) is 112 Å². The topological polar surface area (TPSA) is 106 Å². The zero-order valence-electron chi connectivity index (χ0n) is 25.9. The van der Waals surface area contributed by atoms with Gasteiger partial charge in [0.2, 0.25) is 5.91 Å². The van der Waals surface area contributed by atoms with Gasteiger partial charge in [-0.15, -0.1) is 0 Å². The summed E-state index contributed by atoms with van der Waals surface area (Å²) in [5.74, 6) is 0.266. The van der Waals surface area contributed by atoms with Gasteiger partial charge in [-0.25, -0.2) is 9.48 Å². The number of nitrogens with one attached hydrogen (secondary N) is 2. The van der Waals surface area contributed by atoms with Gasteiger partial charge in [0.05, 0.1) is 11.9 Å². The van der Waals surface area contributed by atoms with Crippen molar-refractivity contribution in [3.63, 3.8) is 0 Å². The molecule has 1 aliphatic carbocycles. The second-order valence-electron chi connectivity index (χ2n) is 13.1. The van der Waals surface area contributed by atoms with Crippen LogP contribution in [0.5, 0.6) is 0 Å². The lowest BCUT2D eigenvalue weighted by Crippen LogP contribution is -2.56. The van der Waals surface area contributed by atoms with Gasteiger partial charge < -0.3 is 15.1 Å². The molecule has 44 heavy (non-hydrogen) atoms. The number of hydrogen-bond acceptors (Lipinski definition) is 8. The van der Waals surface area contributed by atoms with Crippen molar-refractivity contribution < 1.29 is 9.59 Å². The summed E-state index contributed by atoms with van der Waals surface area (Å²) in [5.41, 5.74) is 3.33. The Morgan fingerprint density at radius 3 is 2.34 bits per heavy atom. The minimum Gasteiger partial charge on any atom is -0.379 e. The van der Waals surface area contributed by atoms with Gasteiger partial charge in [-0.3, -0.25) is 24.7 Å². The highest BCUT2D eigenvalue weighted by Crippen LogP contribution is 2.31. The maximum absolute atomic E-state index is 12.3. The number of hydrogen-bond donors (Lipinski definition) is 2. The molecule has 0 spiro atoms. The quantitative estimate of drug-likeness (QED) is 0.464. The smallest absolute Gasteiger partial charge is 0.324 e. The Hall–Kier alpha value is -2.80. The summed E-state index contributed by atoms with van der Waals surface area (Å²) >= 11 is 3.45. The molecule has 2 atom stereocenters. The predicted octanol–water partition coefficient (Wildman–Crippen LogP) is 2.81. The highest BCUT2D eigenvalue weighted by Gasteiger charge is 2.34. The summed E-state index contributed by atoms with van der Waals surface area (Å²) in [6.07, 6.45) is 7.42. The molecule has 0 unspecified atom stereocenters. The van der Waals surface area contributed by atoms with Gasteiger partial charge in [0.1, 0.15) is 4.47 Å². The molecule has 4 aliphatic rings. The van der Waals surface area contributed by atoms with Crippen molar-refractivity contribution in [2.75, 3.05) is 58.2 Å². The molecule has 0 radical (unpaired) electrons. The van der Waals surface area contributed by atoms with Crippen molar-refractivity contribution in [3.05, 3.63) is 56.4 Å². The lowest BCUT2D eigenvalue weighted by molar-refractivity contribution is -0.121. The molecule has 1 aromatic carbocycles. The van der Waals surface area contributed by atoms with Gasteiger partial charge in [-0.05, 0) is 72.1 Å². The summed E-state index contributed by atoms with van der Waals surface area (Å²) < 4.78 is 1.86. The zero-order valence-corrected chi connectivity index (χ0v) is 27.5. The number of anilines is 1. The first-order valence-electron chi connectivity index (χ1n) is 16.1.